The topological polar surface area (TPSA) is 64.4 Å². The van der Waals surface area contributed by atoms with Gasteiger partial charge in [-0.25, -0.2) is 0 Å². The number of nitro groups is 1. The minimum absolute atomic E-state index is 0.0499. The fourth-order valence-corrected chi connectivity index (χ4v) is 1.80. The fraction of sp³-hybridized carbons (Fsp3) is 0.500. The fourth-order valence-electron chi connectivity index (χ4n) is 1.57. The number of hydrogen-bond acceptors (Lipinski definition) is 4. The van der Waals surface area contributed by atoms with E-state index >= 15 is 0 Å². The summed E-state index contributed by atoms with van der Waals surface area (Å²) >= 11 is 5.99. The maximum absolute atomic E-state index is 10.9. The van der Waals surface area contributed by atoms with Crippen LogP contribution >= 0.6 is 11.6 Å². The Kier molecular flexibility index (Phi) is 6.04. The number of halogens is 1. The zero-order valence-electron chi connectivity index (χ0n) is 10.5. The molecule has 0 saturated carbocycles. The minimum atomic E-state index is -0.414. The molecule has 18 heavy (non-hydrogen) atoms. The minimum Gasteiger partial charge on any atom is -0.385 e. The van der Waals surface area contributed by atoms with E-state index in [4.69, 9.17) is 16.3 Å². The van der Waals surface area contributed by atoms with Crippen LogP contribution in [0.1, 0.15) is 18.9 Å². The number of nitrogens with zero attached hydrogens (tertiary/aromatic N) is 1. The van der Waals surface area contributed by atoms with Gasteiger partial charge in [-0.05, 0) is 19.4 Å². The van der Waals surface area contributed by atoms with Crippen molar-refractivity contribution in [2.24, 2.45) is 0 Å². The molecular weight excluding hydrogens is 256 g/mol. The summed E-state index contributed by atoms with van der Waals surface area (Å²) in [5.41, 5.74) is 0.572. The Labute approximate surface area is 111 Å². The molecule has 0 aliphatic rings. The summed E-state index contributed by atoms with van der Waals surface area (Å²) in [6.45, 7) is 3.03. The number of rotatable bonds is 7. The Hall–Kier alpha value is -1.17. The first-order chi connectivity index (χ1) is 8.56. The van der Waals surface area contributed by atoms with E-state index in [9.17, 15) is 10.1 Å². The molecule has 0 bridgehead atoms. The molecule has 0 aromatic heterocycles. The quantitative estimate of drug-likeness (QED) is 0.612. The van der Waals surface area contributed by atoms with Crippen molar-refractivity contribution in [2.75, 3.05) is 13.7 Å². The van der Waals surface area contributed by atoms with Crippen molar-refractivity contribution in [2.45, 2.75) is 25.9 Å². The molecule has 0 aliphatic carbocycles. The highest BCUT2D eigenvalue weighted by Crippen LogP contribution is 2.26. The molecule has 0 spiro atoms. The zero-order chi connectivity index (χ0) is 13.5. The summed E-state index contributed by atoms with van der Waals surface area (Å²) in [7, 11) is 1.64. The first kappa shape index (κ1) is 14.9. The summed E-state index contributed by atoms with van der Waals surface area (Å²) in [6, 6.07) is 4.91. The van der Waals surface area contributed by atoms with Gasteiger partial charge in [-0.15, -0.1) is 0 Å². The third kappa shape index (κ3) is 4.25. The van der Waals surface area contributed by atoms with Crippen molar-refractivity contribution >= 4 is 17.3 Å². The third-order valence-corrected chi connectivity index (χ3v) is 3.03. The molecule has 0 radical (unpaired) electrons. The molecule has 0 amide bonds. The van der Waals surface area contributed by atoms with E-state index in [1.165, 1.54) is 6.07 Å². The van der Waals surface area contributed by atoms with E-state index in [0.29, 0.717) is 23.7 Å². The third-order valence-electron chi connectivity index (χ3n) is 2.67. The van der Waals surface area contributed by atoms with Crippen molar-refractivity contribution in [1.82, 2.24) is 5.32 Å². The number of hydrogen-bond donors (Lipinski definition) is 1. The normalized spacial score (nSPS) is 12.4. The summed E-state index contributed by atoms with van der Waals surface area (Å²) in [5, 5.41) is 14.5. The molecule has 0 heterocycles. The molecule has 0 saturated heterocycles. The Morgan fingerprint density at radius 3 is 2.89 bits per heavy atom. The molecular formula is C12H17ClN2O3. The predicted molar refractivity (Wildman–Crippen MR) is 70.9 cm³/mol. The molecule has 1 rings (SSSR count). The van der Waals surface area contributed by atoms with Crippen LogP contribution in [-0.4, -0.2) is 24.7 Å². The van der Waals surface area contributed by atoms with Gasteiger partial charge in [0.1, 0.15) is 0 Å². The Morgan fingerprint density at radius 2 is 2.28 bits per heavy atom. The van der Waals surface area contributed by atoms with Crippen LogP contribution in [-0.2, 0) is 11.3 Å². The molecule has 1 aromatic rings. The number of ether oxygens (including phenoxy) is 1. The first-order valence-electron chi connectivity index (χ1n) is 5.70. The lowest BCUT2D eigenvalue weighted by Gasteiger charge is -2.14. The van der Waals surface area contributed by atoms with Gasteiger partial charge in [0.2, 0.25) is 0 Å². The van der Waals surface area contributed by atoms with Crippen molar-refractivity contribution in [3.63, 3.8) is 0 Å². The Morgan fingerprint density at radius 1 is 1.56 bits per heavy atom. The second-order valence-electron chi connectivity index (χ2n) is 4.06. The monoisotopic (exact) mass is 272 g/mol. The van der Waals surface area contributed by atoms with Gasteiger partial charge in [0.15, 0.2) is 0 Å². The van der Waals surface area contributed by atoms with Gasteiger partial charge < -0.3 is 10.1 Å². The van der Waals surface area contributed by atoms with Gasteiger partial charge in [0, 0.05) is 32.4 Å². The predicted octanol–water partition coefficient (Wildman–Crippen LogP) is 2.76. The first-order valence-corrected chi connectivity index (χ1v) is 6.08. The number of nitrogens with one attached hydrogen (secondary N) is 1. The van der Waals surface area contributed by atoms with E-state index in [0.717, 1.165) is 6.42 Å². The summed E-state index contributed by atoms with van der Waals surface area (Å²) < 4.78 is 4.98. The Balaban J connectivity index is 2.69. The van der Waals surface area contributed by atoms with E-state index < -0.39 is 4.92 Å². The lowest BCUT2D eigenvalue weighted by molar-refractivity contribution is -0.385. The lowest BCUT2D eigenvalue weighted by atomic mass is 10.1. The molecule has 1 atom stereocenters. The average Bonchev–Trinajstić information content (AvgIpc) is 2.34. The van der Waals surface area contributed by atoms with Crippen molar-refractivity contribution in [3.05, 3.63) is 38.9 Å². The van der Waals surface area contributed by atoms with E-state index in [1.807, 2.05) is 6.92 Å². The highest BCUT2D eigenvalue weighted by atomic mass is 35.5. The van der Waals surface area contributed by atoms with Gasteiger partial charge in [-0.2, -0.15) is 0 Å². The van der Waals surface area contributed by atoms with Crippen LogP contribution < -0.4 is 5.32 Å². The maximum atomic E-state index is 10.9. The number of methoxy groups -OCH3 is 1. The van der Waals surface area contributed by atoms with E-state index in [-0.39, 0.29) is 11.7 Å². The van der Waals surface area contributed by atoms with Gasteiger partial charge >= 0.3 is 0 Å². The highest BCUT2D eigenvalue weighted by Gasteiger charge is 2.16. The lowest BCUT2D eigenvalue weighted by Crippen LogP contribution is -2.27. The molecule has 1 N–H and O–H groups in total. The van der Waals surface area contributed by atoms with Crippen molar-refractivity contribution < 1.29 is 9.66 Å². The van der Waals surface area contributed by atoms with Gasteiger partial charge in [-0.3, -0.25) is 10.1 Å². The van der Waals surface area contributed by atoms with Crippen LogP contribution in [0, 0.1) is 10.1 Å². The number of benzene rings is 1. The molecule has 0 fully saturated rings. The molecule has 6 heteroatoms. The largest absolute Gasteiger partial charge is 0.385 e. The summed E-state index contributed by atoms with van der Waals surface area (Å²) in [6.07, 6.45) is 0.842. The van der Waals surface area contributed by atoms with Gasteiger partial charge in [0.05, 0.1) is 15.5 Å². The number of nitro benzene ring substituents is 1. The van der Waals surface area contributed by atoms with E-state index in [1.54, 1.807) is 19.2 Å². The van der Waals surface area contributed by atoms with Gasteiger partial charge in [-0.1, -0.05) is 17.7 Å². The second kappa shape index (κ2) is 7.31. The van der Waals surface area contributed by atoms with Gasteiger partial charge in [0.25, 0.3) is 5.69 Å². The van der Waals surface area contributed by atoms with Crippen LogP contribution in [0.2, 0.25) is 5.02 Å². The smallest absolute Gasteiger partial charge is 0.275 e. The molecule has 1 unspecified atom stereocenters. The second-order valence-corrected chi connectivity index (χ2v) is 4.47. The molecule has 100 valence electrons. The van der Waals surface area contributed by atoms with Crippen LogP contribution in [0.25, 0.3) is 0 Å². The molecule has 0 aliphatic heterocycles. The molecule has 1 aromatic carbocycles. The summed E-state index contributed by atoms with van der Waals surface area (Å²) in [4.78, 5) is 10.5. The van der Waals surface area contributed by atoms with Crippen LogP contribution in [0.3, 0.4) is 0 Å². The van der Waals surface area contributed by atoms with Crippen LogP contribution in [0.4, 0.5) is 5.69 Å². The average molecular weight is 273 g/mol. The summed E-state index contributed by atoms with van der Waals surface area (Å²) in [5.74, 6) is 0. The van der Waals surface area contributed by atoms with Crippen LogP contribution in [0.15, 0.2) is 18.2 Å². The maximum Gasteiger partial charge on any atom is 0.275 e. The highest BCUT2D eigenvalue weighted by molar-refractivity contribution is 6.31. The zero-order valence-corrected chi connectivity index (χ0v) is 11.2. The van der Waals surface area contributed by atoms with E-state index in [2.05, 4.69) is 5.32 Å². The molecule has 5 nitrogen and oxygen atoms in total. The van der Waals surface area contributed by atoms with Crippen molar-refractivity contribution in [1.29, 1.82) is 0 Å². The Bertz CT molecular complexity index is 412. The SMILES string of the molecule is COCCC(C)NCc1c(Cl)cccc1[N+](=O)[O-]. The van der Waals surface area contributed by atoms with Crippen molar-refractivity contribution in [3.8, 4) is 0 Å². The van der Waals surface area contributed by atoms with Crippen LogP contribution in [0.5, 0.6) is 0 Å². The standard InChI is InChI=1S/C12H17ClN2O3/c1-9(6-7-18-2)14-8-10-11(13)4-3-5-12(10)15(16)17/h3-5,9,14H,6-8H2,1-2H3.